The quantitative estimate of drug-likeness (QED) is 0.597. The number of ether oxygens (including phenoxy) is 1. The van der Waals surface area contributed by atoms with Crippen LogP contribution in [-0.2, 0) is 4.74 Å². The lowest BCUT2D eigenvalue weighted by Crippen LogP contribution is -2.41. The first-order valence-electron chi connectivity index (χ1n) is 11.4. The van der Waals surface area contributed by atoms with Crippen LogP contribution in [0.25, 0.3) is 11.5 Å². The number of hydrogen-bond donors (Lipinski definition) is 1. The highest BCUT2D eigenvalue weighted by Crippen LogP contribution is 2.49. The van der Waals surface area contributed by atoms with Crippen LogP contribution in [0.15, 0.2) is 28.7 Å². The molecule has 3 unspecified atom stereocenters. The second-order valence-corrected chi connectivity index (χ2v) is 9.91. The van der Waals surface area contributed by atoms with Crippen LogP contribution in [0, 0.1) is 12.3 Å². The smallest absolute Gasteiger partial charge is 0.247 e. The Labute approximate surface area is 187 Å². The Morgan fingerprint density at radius 1 is 1.19 bits per heavy atom. The van der Waals surface area contributed by atoms with Crippen molar-refractivity contribution in [3.63, 3.8) is 0 Å². The van der Waals surface area contributed by atoms with Crippen molar-refractivity contribution in [2.75, 3.05) is 13.2 Å². The van der Waals surface area contributed by atoms with Crippen molar-refractivity contribution < 1.29 is 9.15 Å². The molecule has 3 aromatic rings. The molecule has 1 saturated carbocycles. The normalized spacial score (nSPS) is 26.0. The van der Waals surface area contributed by atoms with E-state index in [0.29, 0.717) is 11.8 Å². The van der Waals surface area contributed by atoms with Crippen LogP contribution in [0.1, 0.15) is 75.8 Å². The highest BCUT2D eigenvalue weighted by Gasteiger charge is 2.49. The molecule has 1 aromatic carbocycles. The molecular weight excluding hydrogens is 406 g/mol. The van der Waals surface area contributed by atoms with Gasteiger partial charge in [0, 0.05) is 24.4 Å². The summed E-state index contributed by atoms with van der Waals surface area (Å²) in [5.74, 6) is 1.86. The van der Waals surface area contributed by atoms with Crippen LogP contribution in [-0.4, -0.2) is 49.2 Å². The first kappa shape index (κ1) is 21.2. The van der Waals surface area contributed by atoms with Gasteiger partial charge in [-0.3, -0.25) is 0 Å². The number of benzene rings is 1. The molecule has 2 fully saturated rings. The zero-order chi connectivity index (χ0) is 22.3. The predicted octanol–water partition coefficient (Wildman–Crippen LogP) is 3.64. The Bertz CT molecular complexity index is 1090. The molecule has 9 heteroatoms. The zero-order valence-corrected chi connectivity index (χ0v) is 19.2. The number of nitrogens with one attached hydrogen (secondary N) is 1. The number of fused-ring (bicyclic) bond motifs is 2. The highest BCUT2D eigenvalue weighted by molar-refractivity contribution is 5.54. The molecule has 0 radical (unpaired) electrons. The fourth-order valence-electron chi connectivity index (χ4n) is 5.28. The molecule has 1 saturated heterocycles. The third-order valence-corrected chi connectivity index (χ3v) is 6.83. The summed E-state index contributed by atoms with van der Waals surface area (Å²) in [5.41, 5.74) is 2.11. The first-order chi connectivity index (χ1) is 15.4. The second-order valence-electron chi connectivity index (χ2n) is 9.91. The van der Waals surface area contributed by atoms with E-state index in [2.05, 4.69) is 63.9 Å². The van der Waals surface area contributed by atoms with E-state index in [1.807, 2.05) is 16.8 Å². The van der Waals surface area contributed by atoms with Gasteiger partial charge < -0.3 is 14.5 Å². The van der Waals surface area contributed by atoms with Crippen LogP contribution in [0.4, 0.5) is 0 Å². The molecule has 5 rings (SSSR count). The monoisotopic (exact) mass is 437 g/mol. The fraction of sp³-hybridized carbons (Fsp3) is 0.609. The lowest BCUT2D eigenvalue weighted by Gasteiger charge is -2.36. The van der Waals surface area contributed by atoms with Crippen LogP contribution >= 0.6 is 0 Å². The minimum Gasteiger partial charge on any atom is -0.421 e. The Morgan fingerprint density at radius 3 is 2.84 bits per heavy atom. The van der Waals surface area contributed by atoms with E-state index in [0.717, 1.165) is 42.9 Å². The van der Waals surface area contributed by atoms with Crippen molar-refractivity contribution in [3.8, 4) is 11.5 Å². The average molecular weight is 438 g/mol. The summed E-state index contributed by atoms with van der Waals surface area (Å²) in [6, 6.07) is 8.15. The molecule has 2 bridgehead atoms. The van der Waals surface area contributed by atoms with Gasteiger partial charge >= 0.3 is 0 Å². The third-order valence-electron chi connectivity index (χ3n) is 6.83. The van der Waals surface area contributed by atoms with Gasteiger partial charge in [-0.15, -0.1) is 15.3 Å². The van der Waals surface area contributed by atoms with E-state index in [9.17, 15) is 0 Å². The molecule has 170 valence electrons. The van der Waals surface area contributed by atoms with E-state index in [1.165, 1.54) is 12.8 Å². The van der Waals surface area contributed by atoms with E-state index in [1.54, 1.807) is 6.92 Å². The predicted molar refractivity (Wildman–Crippen MR) is 118 cm³/mol. The molecule has 2 aromatic heterocycles. The second kappa shape index (κ2) is 8.04. The lowest BCUT2D eigenvalue weighted by molar-refractivity contribution is 0.0147. The van der Waals surface area contributed by atoms with Crippen molar-refractivity contribution in [3.05, 3.63) is 41.5 Å². The number of tetrazole rings is 1. The van der Waals surface area contributed by atoms with Gasteiger partial charge in [-0.1, -0.05) is 12.1 Å². The molecule has 1 aliphatic heterocycles. The van der Waals surface area contributed by atoms with E-state index < -0.39 is 0 Å². The zero-order valence-electron chi connectivity index (χ0n) is 19.2. The fourth-order valence-corrected chi connectivity index (χ4v) is 5.28. The van der Waals surface area contributed by atoms with Crippen molar-refractivity contribution in [1.29, 1.82) is 0 Å². The summed E-state index contributed by atoms with van der Waals surface area (Å²) >= 11 is 0. The maximum atomic E-state index is 6.22. The average Bonchev–Trinajstić information content (AvgIpc) is 3.47. The standard InChI is InChI=1S/C23H31N7O2/c1-15(2)30-20(26-28-29-30)19(24-13-23-10-6-9-22(4,12-23)31-14-23)17-7-5-8-18(11-17)21-27-25-16(3)32-21/h5,7-8,11,15,19,24H,6,9-10,12-14H2,1-4H3. The third kappa shape index (κ3) is 3.95. The van der Waals surface area contributed by atoms with Gasteiger partial charge in [0.1, 0.15) is 0 Å². The van der Waals surface area contributed by atoms with Crippen molar-refractivity contribution in [1.82, 2.24) is 35.7 Å². The van der Waals surface area contributed by atoms with Gasteiger partial charge in [0.05, 0.1) is 24.3 Å². The van der Waals surface area contributed by atoms with E-state index >= 15 is 0 Å². The minimum absolute atomic E-state index is 0.0185. The van der Waals surface area contributed by atoms with Gasteiger partial charge in [0.2, 0.25) is 11.8 Å². The number of nitrogens with zero attached hydrogens (tertiary/aromatic N) is 6. The molecule has 9 nitrogen and oxygen atoms in total. The summed E-state index contributed by atoms with van der Waals surface area (Å²) in [7, 11) is 0. The minimum atomic E-state index is -0.167. The molecule has 32 heavy (non-hydrogen) atoms. The number of aryl methyl sites for hydroxylation is 1. The molecule has 0 spiro atoms. The SMILES string of the molecule is Cc1nnc(-c2cccc(C(NCC34CCCC(C)(C3)OC4)c3nnnn3C(C)C)c2)o1. The molecule has 3 atom stereocenters. The molecule has 0 amide bonds. The number of rotatable bonds is 7. The summed E-state index contributed by atoms with van der Waals surface area (Å²) in [5, 5.41) is 24.6. The Kier molecular flexibility index (Phi) is 5.33. The summed E-state index contributed by atoms with van der Waals surface area (Å²) < 4.78 is 13.8. The van der Waals surface area contributed by atoms with Crippen molar-refractivity contribution in [2.24, 2.45) is 5.41 Å². The maximum Gasteiger partial charge on any atom is 0.247 e. The Morgan fingerprint density at radius 2 is 2.06 bits per heavy atom. The Balaban J connectivity index is 1.48. The van der Waals surface area contributed by atoms with Gasteiger partial charge in [-0.25, -0.2) is 4.68 Å². The largest absolute Gasteiger partial charge is 0.421 e. The van der Waals surface area contributed by atoms with Crippen LogP contribution in [0.2, 0.25) is 0 Å². The molecule has 1 aliphatic carbocycles. The Hall–Kier alpha value is -2.65. The highest BCUT2D eigenvalue weighted by atomic mass is 16.5. The number of hydrogen-bond acceptors (Lipinski definition) is 8. The molecule has 3 heterocycles. The first-order valence-corrected chi connectivity index (χ1v) is 11.4. The van der Waals surface area contributed by atoms with Gasteiger partial charge in [0.15, 0.2) is 5.82 Å². The van der Waals surface area contributed by atoms with Gasteiger partial charge in [0.25, 0.3) is 0 Å². The number of aromatic nitrogens is 6. The van der Waals surface area contributed by atoms with Gasteiger partial charge in [-0.2, -0.15) is 0 Å². The van der Waals surface area contributed by atoms with Crippen LogP contribution in [0.3, 0.4) is 0 Å². The topological polar surface area (TPSA) is 104 Å². The molecular formula is C23H31N7O2. The van der Waals surface area contributed by atoms with E-state index in [-0.39, 0.29) is 23.1 Å². The maximum absolute atomic E-state index is 6.22. The van der Waals surface area contributed by atoms with Crippen LogP contribution < -0.4 is 5.32 Å². The van der Waals surface area contributed by atoms with Crippen molar-refractivity contribution >= 4 is 0 Å². The van der Waals surface area contributed by atoms with Gasteiger partial charge in [-0.05, 0) is 74.6 Å². The summed E-state index contributed by atoms with van der Waals surface area (Å²) in [4.78, 5) is 0. The lowest BCUT2D eigenvalue weighted by atomic mass is 9.71. The summed E-state index contributed by atoms with van der Waals surface area (Å²) in [6.45, 7) is 9.87. The van der Waals surface area contributed by atoms with Crippen molar-refractivity contribution in [2.45, 2.75) is 71.1 Å². The summed E-state index contributed by atoms with van der Waals surface area (Å²) in [6.07, 6.45) is 4.63. The van der Waals surface area contributed by atoms with Crippen LogP contribution in [0.5, 0.6) is 0 Å². The molecule has 1 N–H and O–H groups in total. The van der Waals surface area contributed by atoms with E-state index in [4.69, 9.17) is 9.15 Å². The molecule has 2 aliphatic rings.